The van der Waals surface area contributed by atoms with E-state index in [2.05, 4.69) is 0 Å². The van der Waals surface area contributed by atoms with E-state index in [0.717, 1.165) is 0 Å². The minimum absolute atomic E-state index is 1.73. The molecule has 0 saturated heterocycles. The molecule has 0 unspecified atom stereocenters. The Bertz CT molecular complexity index is 1410. The fraction of sp³-hybridized carbons (Fsp3) is 1.00. The highest BCUT2D eigenvalue weighted by Gasteiger charge is 2.99. The molecule has 3 nitrogen and oxygen atoms in total. The SMILES string of the molecule is O=S(=O)(OCC(F)(F)C(F)(F)C(F)(F)C(F)(F)C(F)(F)C(F)(F)C(F)(F)C(F)(F)C(F)(F)C(F)(F)C(F)(F)F)C(F)(F)C(F)(F)C(F)(F)C(F)(F)F. The molecule has 0 aromatic heterocycles. The van der Waals surface area contributed by atoms with E-state index < -0.39 is 105 Å². The zero-order valence-corrected chi connectivity index (χ0v) is 22.8. The van der Waals surface area contributed by atoms with Gasteiger partial charge >= 0.3 is 98.8 Å². The van der Waals surface area contributed by atoms with Crippen LogP contribution in [0, 0.1) is 0 Å². The largest absolute Gasteiger partial charge is 0.460 e. The lowest BCUT2D eigenvalue weighted by Crippen LogP contribution is -2.77. The van der Waals surface area contributed by atoms with Crippen LogP contribution in [0.25, 0.3) is 0 Å². The molecule has 0 radical (unpaired) electrons. The van der Waals surface area contributed by atoms with Crippen molar-refractivity contribution in [2.75, 3.05) is 6.61 Å². The Hall–Kier alpha value is -2.33. The first-order valence-electron chi connectivity index (χ1n) is 10.6. The maximum Gasteiger partial charge on any atom is 0.460 e. The summed E-state index contributed by atoms with van der Waals surface area (Å²) in [6, 6.07) is 0. The van der Waals surface area contributed by atoms with Gasteiger partial charge in [-0.15, -0.1) is 0 Å². The number of halogens is 32. The predicted octanol–water partition coefficient (Wildman–Crippen LogP) is 9.67. The fourth-order valence-corrected chi connectivity index (χ4v) is 3.52. The molecule has 0 atom stereocenters. The highest BCUT2D eigenvalue weighted by molar-refractivity contribution is 7.87. The second kappa shape index (κ2) is 12.1. The number of hydrogen-bond donors (Lipinski definition) is 0. The Morgan fingerprint density at radius 2 is 0.481 bits per heavy atom. The molecule has 0 spiro atoms. The van der Waals surface area contributed by atoms with Crippen molar-refractivity contribution in [1.82, 2.24) is 0 Å². The standard InChI is InChI=1S/C16H2F32O3S/c17-2(18,1-51-52(49,50)16(47,48)13(39,40)12(37,38)15(44,45)46)3(19,20)4(21,22)5(23,24)6(25,26)7(27,28)8(29,30)9(31,32)10(33,34)11(35,36)14(41,42)43/h1H2. The molecule has 314 valence electrons. The monoisotopic (exact) mass is 882 g/mol. The summed E-state index contributed by atoms with van der Waals surface area (Å²) >= 11 is 0. The molecule has 0 heterocycles. The Labute approximate surface area is 259 Å². The molecule has 0 rings (SSSR count). The van der Waals surface area contributed by atoms with Gasteiger partial charge in [0.05, 0.1) is 0 Å². The summed E-state index contributed by atoms with van der Waals surface area (Å²) in [6.45, 7) is -5.10. The van der Waals surface area contributed by atoms with Crippen LogP contribution in [-0.2, 0) is 14.3 Å². The van der Waals surface area contributed by atoms with Gasteiger partial charge < -0.3 is 0 Å². The van der Waals surface area contributed by atoms with E-state index in [9.17, 15) is 149 Å². The van der Waals surface area contributed by atoms with E-state index in [1.165, 1.54) is 0 Å². The van der Waals surface area contributed by atoms with Crippen LogP contribution in [0.4, 0.5) is 140 Å². The van der Waals surface area contributed by atoms with Gasteiger partial charge in [-0.2, -0.15) is 149 Å². The van der Waals surface area contributed by atoms with Crippen LogP contribution < -0.4 is 0 Å². The van der Waals surface area contributed by atoms with Crippen LogP contribution in [0.3, 0.4) is 0 Å². The van der Waals surface area contributed by atoms with Crippen LogP contribution in [0.15, 0.2) is 0 Å². The van der Waals surface area contributed by atoms with Gasteiger partial charge in [0.1, 0.15) is 6.61 Å². The molecule has 0 amide bonds. The summed E-state index contributed by atoms with van der Waals surface area (Å²) in [6.07, 6.45) is -16.3. The molecular weight excluding hydrogens is 880 g/mol. The van der Waals surface area contributed by atoms with Crippen molar-refractivity contribution in [3.63, 3.8) is 0 Å². The van der Waals surface area contributed by atoms with E-state index in [-0.39, 0.29) is 0 Å². The molecule has 0 N–H and O–H groups in total. The minimum Gasteiger partial charge on any atom is -0.259 e. The van der Waals surface area contributed by atoms with Gasteiger partial charge in [0.2, 0.25) is 0 Å². The van der Waals surface area contributed by atoms with Crippen molar-refractivity contribution in [3.8, 4) is 0 Å². The Kier molecular flexibility index (Phi) is 11.5. The van der Waals surface area contributed by atoms with Crippen molar-refractivity contribution in [3.05, 3.63) is 0 Å². The maximum absolute atomic E-state index is 13.8. The summed E-state index contributed by atoms with van der Waals surface area (Å²) in [5.41, 5.74) is 0. The van der Waals surface area contributed by atoms with Crippen LogP contribution in [0.1, 0.15) is 0 Å². The molecule has 36 heteroatoms. The zero-order valence-electron chi connectivity index (χ0n) is 21.9. The number of hydrogen-bond acceptors (Lipinski definition) is 3. The fourth-order valence-electron chi connectivity index (χ4n) is 2.62. The predicted molar refractivity (Wildman–Crippen MR) is 91.3 cm³/mol. The third-order valence-electron chi connectivity index (χ3n) is 5.80. The molecular formula is C16H2F32O3S. The van der Waals surface area contributed by atoms with Crippen molar-refractivity contribution in [2.24, 2.45) is 0 Å². The van der Waals surface area contributed by atoms with Gasteiger partial charge in [-0.3, -0.25) is 4.18 Å². The molecule has 0 aromatic carbocycles. The highest BCUT2D eigenvalue weighted by atomic mass is 32.2. The van der Waals surface area contributed by atoms with Gasteiger partial charge in [-0.1, -0.05) is 0 Å². The quantitative estimate of drug-likeness (QED) is 0.122. The Balaban J connectivity index is 7.20. The lowest BCUT2D eigenvalue weighted by molar-refractivity contribution is -0.478. The van der Waals surface area contributed by atoms with Gasteiger partial charge in [-0.25, -0.2) is 0 Å². The second-order valence-corrected chi connectivity index (χ2v) is 10.9. The maximum atomic E-state index is 13.8. The smallest absolute Gasteiger partial charge is 0.259 e. The number of alkyl halides is 32. The van der Waals surface area contributed by atoms with E-state index in [1.807, 2.05) is 0 Å². The van der Waals surface area contributed by atoms with E-state index in [0.29, 0.717) is 0 Å². The molecule has 0 aliphatic carbocycles. The zero-order chi connectivity index (χ0) is 43.4. The van der Waals surface area contributed by atoms with Crippen LogP contribution in [-0.4, -0.2) is 104 Å². The lowest BCUT2D eigenvalue weighted by Gasteiger charge is -2.45. The first kappa shape index (κ1) is 49.7. The van der Waals surface area contributed by atoms with Crippen LogP contribution >= 0.6 is 0 Å². The third kappa shape index (κ3) is 6.08. The molecule has 0 bridgehead atoms. The Morgan fingerprint density at radius 1 is 0.288 bits per heavy atom. The van der Waals surface area contributed by atoms with Crippen molar-refractivity contribution < 1.29 is 153 Å². The van der Waals surface area contributed by atoms with E-state index in [1.54, 1.807) is 4.18 Å². The average Bonchev–Trinajstić information content (AvgIpc) is 2.89. The summed E-state index contributed by atoms with van der Waals surface area (Å²) in [5.74, 6) is -111. The number of rotatable bonds is 15. The summed E-state index contributed by atoms with van der Waals surface area (Å²) in [4.78, 5) is 0. The van der Waals surface area contributed by atoms with Crippen molar-refractivity contribution in [2.45, 2.75) is 88.7 Å². The van der Waals surface area contributed by atoms with Crippen LogP contribution in [0.2, 0.25) is 0 Å². The molecule has 52 heavy (non-hydrogen) atoms. The molecule has 0 fully saturated rings. The van der Waals surface area contributed by atoms with E-state index >= 15 is 0 Å². The first-order valence-corrected chi connectivity index (χ1v) is 12.1. The normalized spacial score (nSPS) is 17.2. The molecule has 0 saturated carbocycles. The van der Waals surface area contributed by atoms with Gasteiger partial charge in [0, 0.05) is 0 Å². The molecule has 0 aliphatic rings. The third-order valence-corrected chi connectivity index (χ3v) is 7.11. The minimum atomic E-state index is -9.88. The van der Waals surface area contributed by atoms with Crippen molar-refractivity contribution >= 4 is 10.1 Å². The molecule has 0 aliphatic heterocycles. The van der Waals surface area contributed by atoms with E-state index in [4.69, 9.17) is 0 Å². The van der Waals surface area contributed by atoms with Crippen LogP contribution in [0.5, 0.6) is 0 Å². The summed E-state index contributed by atoms with van der Waals surface area (Å²) < 4.78 is 444. The lowest BCUT2D eigenvalue weighted by atomic mass is 9.85. The van der Waals surface area contributed by atoms with Gasteiger partial charge in [-0.05, 0) is 0 Å². The highest BCUT2D eigenvalue weighted by Crippen LogP contribution is 2.67. The van der Waals surface area contributed by atoms with Crippen molar-refractivity contribution in [1.29, 1.82) is 0 Å². The van der Waals surface area contributed by atoms with Gasteiger partial charge in [0.25, 0.3) is 0 Å². The Morgan fingerprint density at radius 3 is 0.712 bits per heavy atom. The second-order valence-electron chi connectivity index (χ2n) is 9.25. The van der Waals surface area contributed by atoms with Gasteiger partial charge in [0.15, 0.2) is 0 Å². The summed E-state index contributed by atoms with van der Waals surface area (Å²) in [7, 11) is -8.93. The summed E-state index contributed by atoms with van der Waals surface area (Å²) in [5, 5.41) is -8.40. The topological polar surface area (TPSA) is 43.4 Å². The first-order chi connectivity index (χ1) is 21.7. The molecule has 0 aromatic rings. The average molecular weight is 882 g/mol.